The Morgan fingerprint density at radius 2 is 1.77 bits per heavy atom. The van der Waals surface area contributed by atoms with E-state index in [1.54, 1.807) is 28.9 Å². The van der Waals surface area contributed by atoms with Crippen molar-refractivity contribution >= 4 is 35.0 Å². The first kappa shape index (κ1) is 21.0. The summed E-state index contributed by atoms with van der Waals surface area (Å²) in [6, 6.07) is 18.7. The summed E-state index contributed by atoms with van der Waals surface area (Å²) in [6.07, 6.45) is 0. The van der Waals surface area contributed by atoms with Crippen LogP contribution in [0, 0.1) is 11.6 Å². The van der Waals surface area contributed by atoms with Crippen LogP contribution in [0.25, 0.3) is 0 Å². The summed E-state index contributed by atoms with van der Waals surface area (Å²) < 4.78 is 28.2. The number of hydrogen-bond acceptors (Lipinski definition) is 4. The molecule has 1 aromatic heterocycles. The van der Waals surface area contributed by atoms with E-state index < -0.39 is 11.7 Å². The van der Waals surface area contributed by atoms with Crippen LogP contribution in [-0.2, 0) is 6.54 Å². The smallest absolute Gasteiger partial charge is 0.255 e. The van der Waals surface area contributed by atoms with Gasteiger partial charge in [-0.3, -0.25) is 4.79 Å². The molecule has 0 saturated heterocycles. The van der Waals surface area contributed by atoms with Gasteiger partial charge in [-0.15, -0.1) is 5.10 Å². The van der Waals surface area contributed by atoms with Crippen molar-refractivity contribution in [3.05, 3.63) is 101 Å². The third-order valence-electron chi connectivity index (χ3n) is 4.28. The van der Waals surface area contributed by atoms with Gasteiger partial charge in [-0.25, -0.2) is 13.5 Å². The van der Waals surface area contributed by atoms with Crippen molar-refractivity contribution in [1.29, 1.82) is 0 Å². The summed E-state index contributed by atoms with van der Waals surface area (Å²) in [5.41, 5.74) is 1.58. The van der Waals surface area contributed by atoms with Crippen LogP contribution in [0.4, 0.5) is 14.5 Å². The molecule has 4 rings (SSSR count). The van der Waals surface area contributed by atoms with E-state index in [9.17, 15) is 13.6 Å². The van der Waals surface area contributed by atoms with E-state index in [0.717, 1.165) is 5.56 Å². The molecule has 9 heteroatoms. The summed E-state index contributed by atoms with van der Waals surface area (Å²) >= 11 is 7.29. The Bertz CT molecular complexity index is 1230. The highest BCUT2D eigenvalue weighted by Crippen LogP contribution is 2.33. The largest absolute Gasteiger partial charge is 0.321 e. The topological polar surface area (TPSA) is 59.8 Å². The Kier molecular flexibility index (Phi) is 6.29. The van der Waals surface area contributed by atoms with Crippen LogP contribution in [0.15, 0.2) is 82.8 Å². The van der Waals surface area contributed by atoms with Gasteiger partial charge in [0.2, 0.25) is 5.28 Å². The van der Waals surface area contributed by atoms with E-state index in [0.29, 0.717) is 22.3 Å². The van der Waals surface area contributed by atoms with Crippen LogP contribution in [0.2, 0.25) is 5.28 Å². The molecule has 1 N–H and O–H groups in total. The number of carbonyl (C=O) groups excluding carboxylic acids is 1. The number of rotatable bonds is 6. The lowest BCUT2D eigenvalue weighted by atomic mass is 10.2. The number of carbonyl (C=O) groups is 1. The Morgan fingerprint density at radius 1 is 1.00 bits per heavy atom. The van der Waals surface area contributed by atoms with Crippen LogP contribution in [0.5, 0.6) is 0 Å². The monoisotopic (exact) mass is 456 g/mol. The van der Waals surface area contributed by atoms with Crippen LogP contribution < -0.4 is 5.32 Å². The van der Waals surface area contributed by atoms with Gasteiger partial charge in [-0.2, -0.15) is 4.98 Å². The van der Waals surface area contributed by atoms with Gasteiger partial charge in [0.15, 0.2) is 5.16 Å². The lowest BCUT2D eigenvalue weighted by Crippen LogP contribution is -2.12. The number of nitrogens with one attached hydrogen (secondary N) is 1. The maximum atomic E-state index is 13.4. The molecule has 0 fully saturated rings. The van der Waals surface area contributed by atoms with Crippen molar-refractivity contribution < 1.29 is 13.6 Å². The molecular weight excluding hydrogens is 442 g/mol. The predicted octanol–water partition coefficient (Wildman–Crippen LogP) is 5.66. The van der Waals surface area contributed by atoms with E-state index in [-0.39, 0.29) is 16.7 Å². The number of halogens is 3. The number of amides is 1. The quantitative estimate of drug-likeness (QED) is 0.406. The molecule has 0 saturated carbocycles. The minimum atomic E-state index is -0.487. The number of aromatic nitrogens is 3. The van der Waals surface area contributed by atoms with Gasteiger partial charge in [0.25, 0.3) is 5.91 Å². The predicted molar refractivity (Wildman–Crippen MR) is 115 cm³/mol. The molecule has 0 atom stereocenters. The third kappa shape index (κ3) is 5.28. The highest BCUT2D eigenvalue weighted by Gasteiger charge is 2.15. The van der Waals surface area contributed by atoms with Crippen molar-refractivity contribution in [2.75, 3.05) is 5.32 Å². The summed E-state index contributed by atoms with van der Waals surface area (Å²) in [7, 11) is 0. The Balaban J connectivity index is 1.57. The normalized spacial score (nSPS) is 10.8. The lowest BCUT2D eigenvalue weighted by Gasteiger charge is -2.11. The van der Waals surface area contributed by atoms with E-state index in [1.165, 1.54) is 48.2 Å². The second-order valence-corrected chi connectivity index (χ2v) is 7.86. The van der Waals surface area contributed by atoms with Gasteiger partial charge >= 0.3 is 0 Å². The summed E-state index contributed by atoms with van der Waals surface area (Å²) in [5.74, 6) is -1.24. The van der Waals surface area contributed by atoms with Crippen LogP contribution >= 0.6 is 23.4 Å². The summed E-state index contributed by atoms with van der Waals surface area (Å²) in [6.45, 7) is 0.347. The molecule has 0 spiro atoms. The fourth-order valence-corrected chi connectivity index (χ4v) is 3.96. The first-order valence-corrected chi connectivity index (χ1v) is 10.4. The molecule has 1 amide bonds. The van der Waals surface area contributed by atoms with Crippen LogP contribution in [0.1, 0.15) is 15.9 Å². The molecule has 5 nitrogen and oxygen atoms in total. The van der Waals surface area contributed by atoms with Crippen molar-refractivity contribution in [3.63, 3.8) is 0 Å². The average molecular weight is 457 g/mol. The lowest BCUT2D eigenvalue weighted by molar-refractivity contribution is 0.102. The zero-order valence-corrected chi connectivity index (χ0v) is 17.5. The molecule has 1 heterocycles. The zero-order chi connectivity index (χ0) is 21.8. The highest BCUT2D eigenvalue weighted by atomic mass is 35.5. The SMILES string of the molecule is O=C(Nc1ccccc1Sc1nc(Cl)nn1Cc1ccc(F)cc1)c1cccc(F)c1. The Hall–Kier alpha value is -3.23. The molecule has 4 aromatic rings. The van der Waals surface area contributed by atoms with Gasteiger partial charge in [0, 0.05) is 10.5 Å². The molecule has 3 aromatic carbocycles. The Morgan fingerprint density at radius 3 is 2.55 bits per heavy atom. The summed E-state index contributed by atoms with van der Waals surface area (Å²) in [5, 5.41) is 7.57. The van der Waals surface area contributed by atoms with Gasteiger partial charge in [-0.05, 0) is 71.4 Å². The maximum absolute atomic E-state index is 13.4. The molecule has 0 aliphatic heterocycles. The van der Waals surface area contributed by atoms with E-state index in [4.69, 9.17) is 11.6 Å². The molecule has 31 heavy (non-hydrogen) atoms. The highest BCUT2D eigenvalue weighted by molar-refractivity contribution is 7.99. The maximum Gasteiger partial charge on any atom is 0.255 e. The number of hydrogen-bond donors (Lipinski definition) is 1. The van der Waals surface area contributed by atoms with E-state index in [1.807, 2.05) is 12.1 Å². The van der Waals surface area contributed by atoms with Gasteiger partial charge in [0.1, 0.15) is 11.6 Å². The number of anilines is 1. The van der Waals surface area contributed by atoms with Crippen molar-refractivity contribution in [2.24, 2.45) is 0 Å². The molecule has 0 unspecified atom stereocenters. The minimum absolute atomic E-state index is 0.0749. The van der Waals surface area contributed by atoms with E-state index >= 15 is 0 Å². The second kappa shape index (κ2) is 9.28. The van der Waals surface area contributed by atoms with Crippen LogP contribution in [0.3, 0.4) is 0 Å². The number of benzene rings is 3. The van der Waals surface area contributed by atoms with E-state index in [2.05, 4.69) is 15.4 Å². The van der Waals surface area contributed by atoms with Crippen LogP contribution in [-0.4, -0.2) is 20.7 Å². The first-order valence-electron chi connectivity index (χ1n) is 9.16. The molecule has 0 aliphatic carbocycles. The molecule has 0 radical (unpaired) electrons. The Labute approximate surface area is 186 Å². The molecular formula is C22H15ClF2N4OS. The molecule has 0 bridgehead atoms. The first-order chi connectivity index (χ1) is 15.0. The standard InChI is InChI=1S/C22H15ClF2N4OS/c23-21-27-22(29(28-21)13-14-8-10-16(24)11-9-14)31-19-7-2-1-6-18(19)26-20(30)15-4-3-5-17(25)12-15/h1-12H,13H2,(H,26,30). The molecule has 0 aliphatic rings. The molecule has 156 valence electrons. The van der Waals surface area contributed by atoms with Gasteiger partial charge in [-0.1, -0.05) is 30.3 Å². The minimum Gasteiger partial charge on any atom is -0.321 e. The average Bonchev–Trinajstić information content (AvgIpc) is 3.09. The van der Waals surface area contributed by atoms with Crippen molar-refractivity contribution in [3.8, 4) is 0 Å². The van der Waals surface area contributed by atoms with Gasteiger partial charge in [0.05, 0.1) is 12.2 Å². The zero-order valence-electron chi connectivity index (χ0n) is 15.9. The second-order valence-electron chi connectivity index (χ2n) is 6.51. The number of nitrogens with zero attached hydrogens (tertiary/aromatic N) is 3. The fraction of sp³-hybridized carbons (Fsp3) is 0.0455. The van der Waals surface area contributed by atoms with Crippen molar-refractivity contribution in [2.45, 2.75) is 16.6 Å². The van der Waals surface area contributed by atoms with Crippen molar-refractivity contribution in [1.82, 2.24) is 14.8 Å². The third-order valence-corrected chi connectivity index (χ3v) is 5.50. The summed E-state index contributed by atoms with van der Waals surface area (Å²) in [4.78, 5) is 17.5. The number of para-hydroxylation sites is 1. The van der Waals surface area contributed by atoms with Gasteiger partial charge < -0.3 is 5.32 Å². The fourth-order valence-electron chi connectivity index (χ4n) is 2.82.